The van der Waals surface area contributed by atoms with Crippen LogP contribution < -0.4 is 37.6 Å². The SMILES string of the molecule is CCCC[C@@H]1NC(=O)CSC[C@@H](C(=O)CCC(N)=O)NC(=O)[C@H](CC(C)C)NC(=O)[C@H](Cc2ccc(O)cc2)NC(=O)[C@H](Cc2c[nH]c3ccccc23)NC(=O)CN(C)C(=O)[C@H](Cc2ccc(O)cc2)NC(=O)[C@H](Cc2ccccc2)N(C)C(=O)[C@H](C(C)C)CC(=O)[C@H](COC=O)CC(=O)CN(C)C(=O)[C@H](CCCC)N(C)C(=O)[C@H](Cc2ccccc2)N(C)C1=O. The molecule has 12 amide bonds. The summed E-state index contributed by atoms with van der Waals surface area (Å²) in [5.41, 5.74) is 8.77. The first-order valence-electron chi connectivity index (χ1n) is 42.8. The van der Waals surface area contributed by atoms with Gasteiger partial charge in [0.05, 0.1) is 30.8 Å². The van der Waals surface area contributed by atoms with Crippen molar-refractivity contribution in [2.24, 2.45) is 29.4 Å². The number of para-hydroxylation sites is 1. The maximum Gasteiger partial charge on any atom is 0.293 e. The number of phenolic OH excluding ortho intramolecular Hbond substituents is 2. The normalized spacial score (nSPS) is 22.3. The Hall–Kier alpha value is -12.3. The maximum atomic E-state index is 15.4. The number of fused-ring (bicyclic) bond motifs is 1. The van der Waals surface area contributed by atoms with Gasteiger partial charge in [0.2, 0.25) is 70.9 Å². The van der Waals surface area contributed by atoms with Crippen LogP contribution in [0, 0.1) is 23.7 Å². The van der Waals surface area contributed by atoms with Gasteiger partial charge < -0.3 is 82.1 Å². The number of hydrogen-bond donors (Lipinski definition) is 10. The first-order chi connectivity index (χ1) is 60.0. The zero-order valence-electron chi connectivity index (χ0n) is 73.8. The molecule has 1 saturated heterocycles. The summed E-state index contributed by atoms with van der Waals surface area (Å²) >= 11 is 0.899. The number of ether oxygens (including phenoxy) is 1. The Morgan fingerprint density at radius 2 is 1.02 bits per heavy atom. The summed E-state index contributed by atoms with van der Waals surface area (Å²) in [7, 11) is 6.84. The molecule has 11 atom stereocenters. The number of nitrogens with two attached hydrogens (primary N) is 1. The van der Waals surface area contributed by atoms with Crippen molar-refractivity contribution >= 4 is 117 Å². The minimum absolute atomic E-state index is 0.0530. The Bertz CT molecular complexity index is 4720. The van der Waals surface area contributed by atoms with Gasteiger partial charge in [-0.05, 0) is 89.2 Å². The van der Waals surface area contributed by atoms with Crippen LogP contribution in [0.3, 0.4) is 0 Å². The molecule has 0 aliphatic carbocycles. The number of likely N-dealkylation sites (N-methyl/N-ethyl adjacent to an activating group) is 5. The van der Waals surface area contributed by atoms with Crippen LogP contribution in [0.2, 0.25) is 0 Å². The largest absolute Gasteiger partial charge is 0.508 e. The Balaban J connectivity index is 1.32. The predicted octanol–water partition coefficient (Wildman–Crippen LogP) is 5.39. The number of rotatable bonds is 26. The van der Waals surface area contributed by atoms with Gasteiger partial charge in [-0.15, -0.1) is 11.8 Å². The number of amides is 12. The molecule has 0 unspecified atom stereocenters. The summed E-state index contributed by atoms with van der Waals surface area (Å²) in [6.45, 7) is 8.80. The topological polar surface area (TPSA) is 453 Å². The number of ketones is 3. The maximum absolute atomic E-state index is 15.4. The van der Waals surface area contributed by atoms with Gasteiger partial charge in [0.25, 0.3) is 6.47 Å². The van der Waals surface area contributed by atoms with Crippen molar-refractivity contribution < 1.29 is 91.7 Å². The molecule has 32 nitrogen and oxygen atoms in total. The molecule has 7 rings (SSSR count). The van der Waals surface area contributed by atoms with E-state index in [1.165, 1.54) is 98.5 Å². The lowest BCUT2D eigenvalue weighted by Crippen LogP contribution is -2.59. The van der Waals surface area contributed by atoms with Crippen molar-refractivity contribution in [2.75, 3.05) is 66.4 Å². The van der Waals surface area contributed by atoms with Crippen molar-refractivity contribution in [1.29, 1.82) is 0 Å². The lowest BCUT2D eigenvalue weighted by Gasteiger charge is -2.37. The average Bonchev–Trinajstić information content (AvgIpc) is 1.71. The summed E-state index contributed by atoms with van der Waals surface area (Å²) in [5.74, 6) is -15.9. The number of thioether (sulfide) groups is 1. The molecule has 11 N–H and O–H groups in total. The molecule has 2 heterocycles. The second-order valence-electron chi connectivity index (χ2n) is 33.2. The number of phenols is 2. The van der Waals surface area contributed by atoms with Gasteiger partial charge in [-0.2, -0.15) is 0 Å². The van der Waals surface area contributed by atoms with Crippen LogP contribution in [0.25, 0.3) is 10.9 Å². The minimum atomic E-state index is -1.57. The van der Waals surface area contributed by atoms with Crippen LogP contribution in [-0.2, 0) is 114 Å². The second kappa shape index (κ2) is 50.0. The van der Waals surface area contributed by atoms with E-state index >= 15 is 33.6 Å². The van der Waals surface area contributed by atoms with E-state index in [0.29, 0.717) is 64.4 Å². The first-order valence-corrected chi connectivity index (χ1v) is 43.9. The summed E-state index contributed by atoms with van der Waals surface area (Å²) in [6, 6.07) is 23.4. The van der Waals surface area contributed by atoms with Gasteiger partial charge >= 0.3 is 0 Å². The second-order valence-corrected chi connectivity index (χ2v) is 34.2. The van der Waals surface area contributed by atoms with E-state index in [1.54, 1.807) is 119 Å². The zero-order chi connectivity index (χ0) is 92.4. The van der Waals surface area contributed by atoms with Crippen LogP contribution >= 0.6 is 11.8 Å². The molecule has 1 fully saturated rings. The van der Waals surface area contributed by atoms with Gasteiger partial charge in [-0.25, -0.2) is 0 Å². The molecule has 126 heavy (non-hydrogen) atoms. The summed E-state index contributed by atoms with van der Waals surface area (Å²) in [4.78, 5) is 243. The number of carbonyl (C=O) groups is 16. The number of nitrogens with one attached hydrogen (secondary N) is 7. The number of hydrogen-bond acceptors (Lipinski definition) is 20. The fourth-order valence-electron chi connectivity index (χ4n) is 15.2. The number of nitrogens with zero attached hydrogens (tertiary/aromatic N) is 5. The highest BCUT2D eigenvalue weighted by molar-refractivity contribution is 8.00. The fraction of sp³-hybridized carbons (Fsp3) is 0.484. The molecular weight excluding hydrogens is 1640 g/mol. The van der Waals surface area contributed by atoms with Crippen LogP contribution in [0.4, 0.5) is 0 Å². The Labute approximate surface area is 740 Å². The smallest absolute Gasteiger partial charge is 0.293 e. The molecule has 6 aromatic rings. The molecule has 0 spiro atoms. The van der Waals surface area contributed by atoms with Crippen molar-refractivity contribution in [3.8, 4) is 11.5 Å². The standard InChI is InChI=1S/C93H123N13O19S/c1-12-14-29-71-91(122)106(11)79(46-60-26-20-17-21-27-60)93(124)104(9)77(31-15-13-2)92(123)102(7)51-67(110)47-64(53-125-56-107)81(112)49-69(58(5)6)89(120)105(10)78(45-59-24-18-16-19-25-59)88(119)100-75(44-62-34-38-66(109)39-35-62)90(121)103(8)52-83(114)97-74(48-63-50-95-70-30-23-22-28-68(63)70)87(118)99-73(43-61-32-36-65(108)37-33-61)86(117)98-72(42-57(3)4)85(116)101-76(54-126-55-84(115)96-71)80(111)40-41-82(94)113/h16-28,30,32-39,50,56-58,64,69,71-79,95,108-109H,12-15,29,31,40-49,51-55H2,1-11H3,(H2,94,113)(H,96,115)(H,97,114)(H,98,117)(H,99,118)(H,100,119)(H,101,116)/t64-,69-,71-,72-,73-,74-,75-,76-,77-,78-,79-/m0/s1. The molecule has 680 valence electrons. The van der Waals surface area contributed by atoms with Gasteiger partial charge in [-0.1, -0.05) is 170 Å². The lowest BCUT2D eigenvalue weighted by atomic mass is 9.84. The highest BCUT2D eigenvalue weighted by Gasteiger charge is 2.42. The quantitative estimate of drug-likeness (QED) is 0.0304. The van der Waals surface area contributed by atoms with Crippen molar-refractivity contribution in [3.05, 3.63) is 167 Å². The third-order valence-corrected chi connectivity index (χ3v) is 23.5. The number of unbranched alkanes of at least 4 members (excludes halogenated alkanes) is 2. The monoisotopic (exact) mass is 1760 g/mol. The number of carbonyl (C=O) groups excluding carboxylic acids is 16. The Morgan fingerprint density at radius 1 is 0.508 bits per heavy atom. The number of Topliss-reactive ketones (excluding diaryl/α,β-unsaturated/α-hetero) is 3. The Morgan fingerprint density at radius 3 is 1.60 bits per heavy atom. The number of aromatic amines is 1. The molecule has 5 aromatic carbocycles. The van der Waals surface area contributed by atoms with E-state index in [1.807, 2.05) is 13.8 Å². The van der Waals surface area contributed by atoms with Crippen LogP contribution in [0.15, 0.2) is 140 Å². The number of benzene rings is 5. The number of aromatic hydroxyl groups is 2. The van der Waals surface area contributed by atoms with Crippen LogP contribution in [-0.4, -0.2) is 255 Å². The molecule has 0 radical (unpaired) electrons. The van der Waals surface area contributed by atoms with Gasteiger partial charge in [-0.3, -0.25) is 76.7 Å². The Kier molecular flexibility index (Phi) is 40.0. The molecule has 1 aliphatic heterocycles. The highest BCUT2D eigenvalue weighted by atomic mass is 32.2. The number of H-pyrrole nitrogens is 1. The molecule has 1 aliphatic rings. The van der Waals surface area contributed by atoms with Crippen molar-refractivity contribution in [2.45, 2.75) is 199 Å². The number of primary amides is 1. The zero-order valence-corrected chi connectivity index (χ0v) is 74.6. The van der Waals surface area contributed by atoms with E-state index in [0.717, 1.165) is 21.6 Å². The van der Waals surface area contributed by atoms with Gasteiger partial charge in [0.15, 0.2) is 11.6 Å². The molecule has 0 saturated carbocycles. The average molecular weight is 1760 g/mol. The molecule has 0 bridgehead atoms. The highest BCUT2D eigenvalue weighted by Crippen LogP contribution is 2.28. The lowest BCUT2D eigenvalue weighted by molar-refractivity contribution is -0.151. The summed E-state index contributed by atoms with van der Waals surface area (Å²) < 4.78 is 5.15. The van der Waals surface area contributed by atoms with Crippen molar-refractivity contribution in [3.63, 3.8) is 0 Å². The van der Waals surface area contributed by atoms with Gasteiger partial charge in [0, 0.05) is 122 Å². The fourth-order valence-corrected chi connectivity index (χ4v) is 16.1. The van der Waals surface area contributed by atoms with E-state index < -0.39 is 211 Å². The molecule has 1 aromatic heterocycles. The van der Waals surface area contributed by atoms with Crippen LogP contribution in [0.5, 0.6) is 11.5 Å². The van der Waals surface area contributed by atoms with Crippen molar-refractivity contribution in [1.82, 2.24) is 61.4 Å². The van der Waals surface area contributed by atoms with Crippen LogP contribution in [0.1, 0.15) is 140 Å². The predicted molar refractivity (Wildman–Crippen MR) is 475 cm³/mol. The van der Waals surface area contributed by atoms with E-state index in [-0.39, 0.29) is 81.0 Å². The van der Waals surface area contributed by atoms with E-state index in [4.69, 9.17) is 10.5 Å². The summed E-state index contributed by atoms with van der Waals surface area (Å²) in [6.07, 6.45) is 0.848. The van der Waals surface area contributed by atoms with E-state index in [9.17, 15) is 53.4 Å². The third kappa shape index (κ3) is 30.8. The van der Waals surface area contributed by atoms with E-state index in [2.05, 4.69) is 36.9 Å². The molecular formula is C93H123N13O19S. The minimum Gasteiger partial charge on any atom is -0.508 e. The summed E-state index contributed by atoms with van der Waals surface area (Å²) in [5, 5.41) is 38.2. The molecule has 33 heteroatoms. The third-order valence-electron chi connectivity index (χ3n) is 22.5. The number of aromatic nitrogens is 1. The first kappa shape index (κ1) is 101. The van der Waals surface area contributed by atoms with Gasteiger partial charge in [0.1, 0.15) is 72.2 Å².